The van der Waals surface area contributed by atoms with Crippen molar-refractivity contribution in [2.75, 3.05) is 13.2 Å². The Labute approximate surface area is 180 Å². The van der Waals surface area contributed by atoms with Gasteiger partial charge in [-0.05, 0) is 40.5 Å². The number of fused-ring (bicyclic) bond motifs is 3. The number of carbonyl (C=O) groups excluding carboxylic acids is 1. The zero-order valence-corrected chi connectivity index (χ0v) is 16.7. The molecule has 152 valence electrons. The highest BCUT2D eigenvalue weighted by Gasteiger charge is 2.28. The lowest BCUT2D eigenvalue weighted by atomic mass is 9.98. The van der Waals surface area contributed by atoms with Gasteiger partial charge in [0.2, 0.25) is 0 Å². The van der Waals surface area contributed by atoms with E-state index in [1.54, 1.807) is 0 Å². The molecule has 0 radical (unpaired) electrons. The van der Waals surface area contributed by atoms with Crippen LogP contribution in [0.3, 0.4) is 0 Å². The number of nitrogens with zero attached hydrogens (tertiary/aromatic N) is 1. The van der Waals surface area contributed by atoms with Crippen molar-refractivity contribution in [2.45, 2.75) is 12.3 Å². The largest absolute Gasteiger partial charge is 0.449 e. The number of rotatable bonds is 4. The highest BCUT2D eigenvalue weighted by molar-refractivity contribution is 5.79. The number of hydrogen-bond donors (Lipinski definition) is 1. The summed E-state index contributed by atoms with van der Waals surface area (Å²) in [6.45, 7) is 0.543. The number of ether oxygens (including phenoxy) is 1. The third-order valence-electron chi connectivity index (χ3n) is 5.19. The normalized spacial score (nSPS) is 11.5. The summed E-state index contributed by atoms with van der Waals surface area (Å²) in [6, 6.07) is 22.1. The Morgan fingerprint density at radius 3 is 2.35 bits per heavy atom. The molecule has 0 aromatic heterocycles. The molecule has 0 bridgehead atoms. The SMILES string of the molecule is N#Cc1ccc(F)cc1C#CCCNC(=O)OCC1c2ccccc2-c2ccccc21. The van der Waals surface area contributed by atoms with Gasteiger partial charge in [-0.3, -0.25) is 0 Å². The summed E-state index contributed by atoms with van der Waals surface area (Å²) < 4.78 is 18.8. The molecule has 0 spiro atoms. The molecule has 1 N–H and O–H groups in total. The van der Waals surface area contributed by atoms with Crippen molar-refractivity contribution in [2.24, 2.45) is 0 Å². The van der Waals surface area contributed by atoms with Crippen LogP contribution in [-0.4, -0.2) is 19.2 Å². The van der Waals surface area contributed by atoms with Gasteiger partial charge in [0, 0.05) is 24.4 Å². The van der Waals surface area contributed by atoms with Crippen LogP contribution in [0.5, 0.6) is 0 Å². The van der Waals surface area contributed by atoms with Crippen LogP contribution < -0.4 is 5.32 Å². The maximum atomic E-state index is 13.3. The van der Waals surface area contributed by atoms with Crippen LogP contribution in [0.1, 0.15) is 34.6 Å². The fourth-order valence-corrected chi connectivity index (χ4v) is 3.75. The predicted molar refractivity (Wildman–Crippen MR) is 116 cm³/mol. The van der Waals surface area contributed by atoms with Crippen molar-refractivity contribution in [1.29, 1.82) is 5.26 Å². The van der Waals surface area contributed by atoms with E-state index in [1.165, 1.54) is 29.3 Å². The maximum absolute atomic E-state index is 13.3. The summed E-state index contributed by atoms with van der Waals surface area (Å²) in [7, 11) is 0. The minimum Gasteiger partial charge on any atom is -0.449 e. The van der Waals surface area contributed by atoms with Crippen LogP contribution in [0.4, 0.5) is 9.18 Å². The van der Waals surface area contributed by atoms with Crippen molar-refractivity contribution < 1.29 is 13.9 Å². The summed E-state index contributed by atoms with van der Waals surface area (Å²) >= 11 is 0. The second-order valence-corrected chi connectivity index (χ2v) is 7.11. The van der Waals surface area contributed by atoms with Gasteiger partial charge < -0.3 is 10.1 Å². The monoisotopic (exact) mass is 410 g/mol. The van der Waals surface area contributed by atoms with Crippen LogP contribution >= 0.6 is 0 Å². The molecule has 4 nitrogen and oxygen atoms in total. The summed E-state index contributed by atoms with van der Waals surface area (Å²) in [6.07, 6.45) is -0.155. The first-order valence-electron chi connectivity index (χ1n) is 9.94. The Hall–Kier alpha value is -4.09. The van der Waals surface area contributed by atoms with Crippen LogP contribution in [0.15, 0.2) is 66.7 Å². The quantitative estimate of drug-likeness (QED) is 0.488. The van der Waals surface area contributed by atoms with Gasteiger partial charge in [-0.15, -0.1) is 0 Å². The number of nitrogens with one attached hydrogen (secondary N) is 1. The molecule has 5 heteroatoms. The Morgan fingerprint density at radius 1 is 1.00 bits per heavy atom. The van der Waals surface area contributed by atoms with Crippen molar-refractivity contribution in [1.82, 2.24) is 5.32 Å². The van der Waals surface area contributed by atoms with Crippen LogP contribution in [0, 0.1) is 29.0 Å². The van der Waals surface area contributed by atoms with E-state index < -0.39 is 11.9 Å². The van der Waals surface area contributed by atoms with E-state index in [4.69, 9.17) is 10.00 Å². The van der Waals surface area contributed by atoms with Gasteiger partial charge in [0.25, 0.3) is 0 Å². The van der Waals surface area contributed by atoms with Gasteiger partial charge in [-0.1, -0.05) is 60.4 Å². The molecule has 0 saturated carbocycles. The first-order chi connectivity index (χ1) is 15.2. The second-order valence-electron chi connectivity index (χ2n) is 7.11. The number of nitriles is 1. The minimum absolute atomic E-state index is 0.00956. The average molecular weight is 410 g/mol. The number of benzene rings is 3. The van der Waals surface area contributed by atoms with Crippen LogP contribution in [-0.2, 0) is 4.74 Å². The summed E-state index contributed by atoms with van der Waals surface area (Å²) in [5.41, 5.74) is 5.33. The number of hydrogen-bond acceptors (Lipinski definition) is 3. The molecule has 0 heterocycles. The molecule has 0 saturated heterocycles. The standard InChI is InChI=1S/C26H19FN2O2/c27-20-13-12-19(16-28)18(15-20)7-5-6-14-29-26(30)31-17-25-23-10-3-1-8-21(23)22-9-2-4-11-24(22)25/h1-4,8-13,15,25H,6,14,17H2,(H,29,30). The summed E-state index contributed by atoms with van der Waals surface area (Å²) in [5, 5.41) is 11.7. The van der Waals surface area contributed by atoms with Crippen molar-refractivity contribution >= 4 is 6.09 Å². The van der Waals surface area contributed by atoms with Crippen LogP contribution in [0.2, 0.25) is 0 Å². The Balaban J connectivity index is 1.31. The molecule has 0 atom stereocenters. The fraction of sp³-hybridized carbons (Fsp3) is 0.154. The molecular weight excluding hydrogens is 391 g/mol. The lowest BCUT2D eigenvalue weighted by Gasteiger charge is -2.14. The van der Waals surface area contributed by atoms with E-state index in [9.17, 15) is 9.18 Å². The predicted octanol–water partition coefficient (Wildman–Crippen LogP) is 4.98. The van der Waals surface area contributed by atoms with E-state index in [1.807, 2.05) is 30.3 Å². The lowest BCUT2D eigenvalue weighted by Crippen LogP contribution is -2.26. The lowest BCUT2D eigenvalue weighted by molar-refractivity contribution is 0.143. The molecule has 0 aliphatic heterocycles. The number of alkyl carbamates (subject to hydrolysis) is 1. The third kappa shape index (κ3) is 4.42. The Morgan fingerprint density at radius 2 is 1.68 bits per heavy atom. The number of amides is 1. The zero-order chi connectivity index (χ0) is 21.6. The van der Waals surface area contributed by atoms with Crippen LogP contribution in [0.25, 0.3) is 11.1 Å². The van der Waals surface area contributed by atoms with E-state index in [0.717, 1.165) is 11.1 Å². The smallest absolute Gasteiger partial charge is 0.407 e. The molecule has 0 unspecified atom stereocenters. The molecule has 3 aromatic rings. The van der Waals surface area contributed by atoms with Gasteiger partial charge in [-0.2, -0.15) is 5.26 Å². The minimum atomic E-state index is -0.507. The van der Waals surface area contributed by atoms with E-state index in [2.05, 4.69) is 41.4 Å². The molecule has 3 aromatic carbocycles. The van der Waals surface area contributed by atoms with Gasteiger partial charge in [0.1, 0.15) is 18.5 Å². The third-order valence-corrected chi connectivity index (χ3v) is 5.19. The Bertz CT molecular complexity index is 1190. The van der Waals surface area contributed by atoms with Gasteiger partial charge in [0.15, 0.2) is 0 Å². The zero-order valence-electron chi connectivity index (χ0n) is 16.7. The topological polar surface area (TPSA) is 62.1 Å². The highest BCUT2D eigenvalue weighted by Crippen LogP contribution is 2.44. The molecular formula is C26H19FN2O2. The first kappa shape index (κ1) is 20.2. The molecule has 0 fully saturated rings. The van der Waals surface area contributed by atoms with E-state index in [0.29, 0.717) is 24.1 Å². The molecule has 1 aliphatic rings. The summed E-state index contributed by atoms with van der Waals surface area (Å²) in [5.74, 6) is 5.18. The number of halogens is 1. The van der Waals surface area contributed by atoms with Gasteiger partial charge in [0.05, 0.1) is 5.56 Å². The molecule has 31 heavy (non-hydrogen) atoms. The van der Waals surface area contributed by atoms with E-state index in [-0.39, 0.29) is 12.5 Å². The maximum Gasteiger partial charge on any atom is 0.407 e. The molecule has 4 rings (SSSR count). The molecule has 1 amide bonds. The van der Waals surface area contributed by atoms with Crippen molar-refractivity contribution in [3.8, 4) is 29.0 Å². The van der Waals surface area contributed by atoms with E-state index >= 15 is 0 Å². The van der Waals surface area contributed by atoms with Crippen molar-refractivity contribution in [3.05, 3.63) is 94.8 Å². The van der Waals surface area contributed by atoms with Gasteiger partial charge >= 0.3 is 6.09 Å². The second kappa shape index (κ2) is 9.15. The van der Waals surface area contributed by atoms with Gasteiger partial charge in [-0.25, -0.2) is 9.18 Å². The Kier molecular flexibility index (Phi) is 5.96. The average Bonchev–Trinajstić information content (AvgIpc) is 3.11. The first-order valence-corrected chi connectivity index (χ1v) is 9.94. The number of carbonyl (C=O) groups is 1. The fourth-order valence-electron chi connectivity index (χ4n) is 3.75. The summed E-state index contributed by atoms with van der Waals surface area (Å²) in [4.78, 5) is 12.1. The molecule has 1 aliphatic carbocycles. The van der Waals surface area contributed by atoms with Crippen molar-refractivity contribution in [3.63, 3.8) is 0 Å². The highest BCUT2D eigenvalue weighted by atomic mass is 19.1.